The number of halogens is 1. The highest BCUT2D eigenvalue weighted by Crippen LogP contribution is 2.24. The number of hydrogen-bond donors (Lipinski definition) is 3. The van der Waals surface area contributed by atoms with Crippen molar-refractivity contribution in [2.24, 2.45) is 27.2 Å². The zero-order chi connectivity index (χ0) is 13.7. The van der Waals surface area contributed by atoms with Gasteiger partial charge in [-0.2, -0.15) is 4.99 Å². The van der Waals surface area contributed by atoms with E-state index in [0.29, 0.717) is 5.69 Å². The van der Waals surface area contributed by atoms with Crippen LogP contribution >= 0.6 is 15.9 Å². The van der Waals surface area contributed by atoms with Crippen molar-refractivity contribution in [3.8, 4) is 0 Å². The standard InChI is InChI=1S/C10H12BrN5O2/c1-18-8(17)6-3-2-5(11)4-7(6)15-10(14)16-9(12)13/h2-4H,1H3,(H6,12,13,14,15,16). The first kappa shape index (κ1) is 14.0. The van der Waals surface area contributed by atoms with E-state index in [1.807, 2.05) is 0 Å². The minimum atomic E-state index is -0.529. The number of methoxy groups -OCH3 is 1. The maximum Gasteiger partial charge on any atom is 0.340 e. The molecule has 0 fully saturated rings. The van der Waals surface area contributed by atoms with E-state index in [2.05, 4.69) is 30.7 Å². The van der Waals surface area contributed by atoms with Crippen LogP contribution in [0.5, 0.6) is 0 Å². The van der Waals surface area contributed by atoms with E-state index >= 15 is 0 Å². The Morgan fingerprint density at radius 3 is 2.56 bits per heavy atom. The van der Waals surface area contributed by atoms with Crippen molar-refractivity contribution in [2.45, 2.75) is 0 Å². The van der Waals surface area contributed by atoms with Gasteiger partial charge in [0.1, 0.15) is 0 Å². The van der Waals surface area contributed by atoms with Crippen molar-refractivity contribution in [1.82, 2.24) is 0 Å². The maximum absolute atomic E-state index is 11.5. The smallest absolute Gasteiger partial charge is 0.340 e. The van der Waals surface area contributed by atoms with Gasteiger partial charge in [-0.3, -0.25) is 0 Å². The van der Waals surface area contributed by atoms with E-state index in [9.17, 15) is 4.79 Å². The molecule has 0 aromatic heterocycles. The van der Waals surface area contributed by atoms with Gasteiger partial charge in [0, 0.05) is 4.47 Å². The SMILES string of the molecule is COC(=O)c1ccc(Br)cc1N=C(N)N=C(N)N. The van der Waals surface area contributed by atoms with Crippen LogP contribution in [0.25, 0.3) is 0 Å². The number of esters is 1. The first-order valence-corrected chi connectivity index (χ1v) is 5.55. The Kier molecular flexibility index (Phi) is 4.67. The molecule has 0 aliphatic carbocycles. The lowest BCUT2D eigenvalue weighted by Crippen LogP contribution is -2.26. The van der Waals surface area contributed by atoms with Crippen LogP contribution in [0.4, 0.5) is 5.69 Å². The average molecular weight is 314 g/mol. The fraction of sp³-hybridized carbons (Fsp3) is 0.100. The van der Waals surface area contributed by atoms with E-state index in [1.165, 1.54) is 7.11 Å². The van der Waals surface area contributed by atoms with Crippen LogP contribution in [0.15, 0.2) is 32.7 Å². The van der Waals surface area contributed by atoms with Gasteiger partial charge < -0.3 is 21.9 Å². The van der Waals surface area contributed by atoms with Gasteiger partial charge in [-0.15, -0.1) is 0 Å². The third-order valence-corrected chi connectivity index (χ3v) is 2.34. The molecular weight excluding hydrogens is 302 g/mol. The third kappa shape index (κ3) is 3.74. The fourth-order valence-electron chi connectivity index (χ4n) is 1.16. The highest BCUT2D eigenvalue weighted by molar-refractivity contribution is 9.10. The van der Waals surface area contributed by atoms with Crippen LogP contribution in [-0.4, -0.2) is 25.0 Å². The lowest BCUT2D eigenvalue weighted by molar-refractivity contribution is 0.0601. The molecule has 96 valence electrons. The first-order chi connectivity index (χ1) is 8.43. The number of aliphatic imine (C=N–C) groups is 2. The van der Waals surface area contributed by atoms with Gasteiger partial charge in [0.25, 0.3) is 0 Å². The molecule has 8 heteroatoms. The van der Waals surface area contributed by atoms with E-state index in [1.54, 1.807) is 18.2 Å². The van der Waals surface area contributed by atoms with E-state index in [0.717, 1.165) is 4.47 Å². The molecule has 0 aliphatic heterocycles. The number of carbonyl (C=O) groups excluding carboxylic acids is 1. The van der Waals surface area contributed by atoms with Crippen molar-refractivity contribution in [3.05, 3.63) is 28.2 Å². The number of nitrogens with zero attached hydrogens (tertiary/aromatic N) is 2. The molecule has 0 saturated carbocycles. The highest BCUT2D eigenvalue weighted by atomic mass is 79.9. The Labute approximate surface area is 112 Å². The van der Waals surface area contributed by atoms with Gasteiger partial charge in [0.05, 0.1) is 18.4 Å². The predicted molar refractivity (Wildman–Crippen MR) is 72.6 cm³/mol. The number of rotatable bonds is 2. The number of carbonyl (C=O) groups is 1. The molecule has 0 amide bonds. The number of benzene rings is 1. The van der Waals surface area contributed by atoms with E-state index in [4.69, 9.17) is 17.2 Å². The first-order valence-electron chi connectivity index (χ1n) is 4.75. The Hall–Kier alpha value is -2.09. The second-order valence-corrected chi connectivity index (χ2v) is 4.08. The van der Waals surface area contributed by atoms with Gasteiger partial charge in [0.2, 0.25) is 5.96 Å². The van der Waals surface area contributed by atoms with Crippen LogP contribution < -0.4 is 17.2 Å². The van der Waals surface area contributed by atoms with Crippen molar-refractivity contribution < 1.29 is 9.53 Å². The lowest BCUT2D eigenvalue weighted by atomic mass is 10.2. The minimum Gasteiger partial charge on any atom is -0.465 e. The summed E-state index contributed by atoms with van der Waals surface area (Å²) in [6.07, 6.45) is 0. The summed E-state index contributed by atoms with van der Waals surface area (Å²) in [5.74, 6) is -0.900. The Morgan fingerprint density at radius 1 is 1.33 bits per heavy atom. The third-order valence-electron chi connectivity index (χ3n) is 1.84. The largest absolute Gasteiger partial charge is 0.465 e. The van der Waals surface area contributed by atoms with Crippen LogP contribution in [0.1, 0.15) is 10.4 Å². The molecule has 0 saturated heterocycles. The molecule has 18 heavy (non-hydrogen) atoms. The quantitative estimate of drug-likeness (QED) is 0.415. The maximum atomic E-state index is 11.5. The van der Waals surface area contributed by atoms with Crippen LogP contribution in [0.2, 0.25) is 0 Å². The Bertz CT molecular complexity index is 523. The van der Waals surface area contributed by atoms with Crippen molar-refractivity contribution in [2.75, 3.05) is 7.11 Å². The summed E-state index contributed by atoms with van der Waals surface area (Å²) < 4.78 is 5.36. The zero-order valence-electron chi connectivity index (χ0n) is 9.55. The molecule has 0 heterocycles. The average Bonchev–Trinajstić information content (AvgIpc) is 2.27. The molecule has 1 aromatic carbocycles. The predicted octanol–water partition coefficient (Wildman–Crippen LogP) is 0.455. The lowest BCUT2D eigenvalue weighted by Gasteiger charge is -2.04. The normalized spacial score (nSPS) is 10.9. The Balaban J connectivity index is 3.26. The molecule has 0 spiro atoms. The summed E-state index contributed by atoms with van der Waals surface area (Å²) in [6.45, 7) is 0. The molecule has 0 unspecified atom stereocenters. The molecule has 0 radical (unpaired) electrons. The summed E-state index contributed by atoms with van der Waals surface area (Å²) in [5.41, 5.74) is 16.4. The molecule has 7 nitrogen and oxygen atoms in total. The number of nitrogens with two attached hydrogens (primary N) is 3. The van der Waals surface area contributed by atoms with Gasteiger partial charge >= 0.3 is 5.97 Å². The van der Waals surface area contributed by atoms with Crippen molar-refractivity contribution in [3.63, 3.8) is 0 Å². The van der Waals surface area contributed by atoms with Crippen molar-refractivity contribution >= 4 is 39.5 Å². The topological polar surface area (TPSA) is 129 Å². The molecular formula is C10H12BrN5O2. The van der Waals surface area contributed by atoms with Gasteiger partial charge in [0.15, 0.2) is 5.96 Å². The summed E-state index contributed by atoms with van der Waals surface area (Å²) >= 11 is 3.26. The van der Waals surface area contributed by atoms with Crippen LogP contribution in [0.3, 0.4) is 0 Å². The second-order valence-electron chi connectivity index (χ2n) is 3.16. The number of ether oxygens (including phenoxy) is 1. The summed E-state index contributed by atoms with van der Waals surface area (Å²) in [4.78, 5) is 19.0. The summed E-state index contributed by atoms with van der Waals surface area (Å²) in [6, 6.07) is 4.83. The molecule has 0 atom stereocenters. The minimum absolute atomic E-state index is 0.154. The number of guanidine groups is 2. The zero-order valence-corrected chi connectivity index (χ0v) is 11.1. The Morgan fingerprint density at radius 2 is 2.00 bits per heavy atom. The summed E-state index contributed by atoms with van der Waals surface area (Å²) in [5, 5.41) is 0. The molecule has 0 aliphatic rings. The van der Waals surface area contributed by atoms with E-state index in [-0.39, 0.29) is 17.5 Å². The van der Waals surface area contributed by atoms with E-state index < -0.39 is 5.97 Å². The highest BCUT2D eigenvalue weighted by Gasteiger charge is 2.12. The second kappa shape index (κ2) is 6.01. The van der Waals surface area contributed by atoms with Crippen LogP contribution in [-0.2, 0) is 4.74 Å². The van der Waals surface area contributed by atoms with Crippen molar-refractivity contribution in [1.29, 1.82) is 0 Å². The molecule has 6 N–H and O–H groups in total. The summed E-state index contributed by atoms with van der Waals surface area (Å²) in [7, 11) is 1.28. The van der Waals surface area contributed by atoms with Gasteiger partial charge in [-0.1, -0.05) is 15.9 Å². The number of hydrogen-bond acceptors (Lipinski definition) is 3. The van der Waals surface area contributed by atoms with Crippen LogP contribution in [0, 0.1) is 0 Å². The monoisotopic (exact) mass is 313 g/mol. The molecule has 0 bridgehead atoms. The molecule has 1 aromatic rings. The molecule has 1 rings (SSSR count). The fourth-order valence-corrected chi connectivity index (χ4v) is 1.51. The van der Waals surface area contributed by atoms with Gasteiger partial charge in [-0.25, -0.2) is 9.79 Å². The van der Waals surface area contributed by atoms with Gasteiger partial charge in [-0.05, 0) is 18.2 Å².